The molecule has 1 fully saturated rings. The molecule has 0 aromatic heterocycles. The molecule has 0 aromatic rings. The van der Waals surface area contributed by atoms with E-state index in [1.54, 1.807) is 7.11 Å². The van der Waals surface area contributed by atoms with E-state index >= 15 is 0 Å². The van der Waals surface area contributed by atoms with Crippen LogP contribution in [0.2, 0.25) is 0 Å². The quantitative estimate of drug-likeness (QED) is 0.793. The van der Waals surface area contributed by atoms with Crippen LogP contribution in [-0.2, 0) is 9.47 Å². The van der Waals surface area contributed by atoms with Crippen molar-refractivity contribution in [2.45, 2.75) is 77.7 Å². The summed E-state index contributed by atoms with van der Waals surface area (Å²) in [6.45, 7) is 14.2. The van der Waals surface area contributed by atoms with E-state index < -0.39 is 0 Å². The Morgan fingerprint density at radius 2 is 1.94 bits per heavy atom. The van der Waals surface area contributed by atoms with Crippen LogP contribution in [0.25, 0.3) is 0 Å². The van der Waals surface area contributed by atoms with Crippen molar-refractivity contribution in [3.63, 3.8) is 0 Å². The van der Waals surface area contributed by atoms with Gasteiger partial charge in [-0.2, -0.15) is 0 Å². The summed E-state index contributed by atoms with van der Waals surface area (Å²) in [5, 5.41) is 3.65. The molecule has 18 heavy (non-hydrogen) atoms. The predicted molar refractivity (Wildman–Crippen MR) is 75.9 cm³/mol. The lowest BCUT2D eigenvalue weighted by Gasteiger charge is -2.36. The summed E-state index contributed by atoms with van der Waals surface area (Å²) in [5.74, 6) is 0.481. The summed E-state index contributed by atoms with van der Waals surface area (Å²) in [6, 6.07) is 0.353. The highest BCUT2D eigenvalue weighted by atomic mass is 16.5. The third-order valence-electron chi connectivity index (χ3n) is 4.08. The molecule has 3 unspecified atom stereocenters. The molecule has 0 amide bonds. The Kier molecular flexibility index (Phi) is 5.22. The van der Waals surface area contributed by atoms with Crippen LogP contribution in [0, 0.1) is 5.92 Å². The van der Waals surface area contributed by atoms with Crippen LogP contribution in [0.5, 0.6) is 0 Å². The second-order valence-corrected chi connectivity index (χ2v) is 6.70. The Morgan fingerprint density at radius 3 is 2.33 bits per heavy atom. The van der Waals surface area contributed by atoms with Gasteiger partial charge >= 0.3 is 0 Å². The van der Waals surface area contributed by atoms with Gasteiger partial charge in [0.1, 0.15) is 0 Å². The van der Waals surface area contributed by atoms with Gasteiger partial charge in [0.2, 0.25) is 0 Å². The number of hydrogen-bond acceptors (Lipinski definition) is 3. The van der Waals surface area contributed by atoms with Crippen molar-refractivity contribution >= 4 is 0 Å². The van der Waals surface area contributed by atoms with E-state index in [-0.39, 0.29) is 17.3 Å². The first kappa shape index (κ1) is 15.9. The van der Waals surface area contributed by atoms with E-state index in [1.807, 2.05) is 0 Å². The lowest BCUT2D eigenvalue weighted by Crippen LogP contribution is -2.50. The molecule has 0 bridgehead atoms. The minimum absolute atomic E-state index is 0.0340. The topological polar surface area (TPSA) is 30.5 Å². The monoisotopic (exact) mass is 257 g/mol. The summed E-state index contributed by atoms with van der Waals surface area (Å²) in [5.41, 5.74) is -0.129. The van der Waals surface area contributed by atoms with Gasteiger partial charge in [0.15, 0.2) is 0 Å². The predicted octanol–water partition coefficient (Wildman–Crippen LogP) is 2.98. The lowest BCUT2D eigenvalue weighted by molar-refractivity contribution is -0.0833. The van der Waals surface area contributed by atoms with Gasteiger partial charge in [0, 0.05) is 19.1 Å². The van der Waals surface area contributed by atoms with Gasteiger partial charge in [-0.3, -0.25) is 0 Å². The maximum atomic E-state index is 6.21. The smallest absolute Gasteiger partial charge is 0.0699 e. The molecule has 1 aliphatic heterocycles. The average Bonchev–Trinajstić information content (AvgIpc) is 2.47. The number of rotatable bonds is 6. The first-order valence-electron chi connectivity index (χ1n) is 7.20. The second kappa shape index (κ2) is 5.89. The van der Waals surface area contributed by atoms with Gasteiger partial charge in [-0.05, 0) is 54.0 Å². The van der Waals surface area contributed by atoms with Crippen molar-refractivity contribution in [2.75, 3.05) is 13.7 Å². The summed E-state index contributed by atoms with van der Waals surface area (Å²) < 4.78 is 11.8. The molecule has 1 saturated heterocycles. The molecule has 1 heterocycles. The van der Waals surface area contributed by atoms with E-state index in [0.29, 0.717) is 12.0 Å². The summed E-state index contributed by atoms with van der Waals surface area (Å²) in [4.78, 5) is 0. The van der Waals surface area contributed by atoms with Crippen molar-refractivity contribution in [3.8, 4) is 0 Å². The molecule has 3 atom stereocenters. The second-order valence-electron chi connectivity index (χ2n) is 6.70. The number of nitrogens with one attached hydrogen (secondary N) is 1. The molecule has 1 N–H and O–H groups in total. The van der Waals surface area contributed by atoms with Crippen LogP contribution in [0.4, 0.5) is 0 Å². The zero-order chi connectivity index (χ0) is 14.0. The Labute approximate surface area is 113 Å². The third kappa shape index (κ3) is 3.69. The largest absolute Gasteiger partial charge is 0.380 e. The van der Waals surface area contributed by atoms with Crippen LogP contribution in [0.3, 0.4) is 0 Å². The van der Waals surface area contributed by atoms with E-state index in [9.17, 15) is 0 Å². The number of methoxy groups -OCH3 is 1. The van der Waals surface area contributed by atoms with Crippen LogP contribution < -0.4 is 5.32 Å². The normalized spacial score (nSPS) is 29.2. The molecule has 1 rings (SSSR count). The molecule has 0 radical (unpaired) electrons. The molecule has 0 spiro atoms. The fourth-order valence-corrected chi connectivity index (χ4v) is 3.26. The van der Waals surface area contributed by atoms with Crippen molar-refractivity contribution in [2.24, 2.45) is 5.92 Å². The summed E-state index contributed by atoms with van der Waals surface area (Å²) in [6.07, 6.45) is 2.43. The Balaban J connectivity index is 2.84. The molecule has 3 heteroatoms. The Bertz CT molecular complexity index is 263. The van der Waals surface area contributed by atoms with E-state index in [1.165, 1.54) is 0 Å². The molecule has 1 aliphatic rings. The van der Waals surface area contributed by atoms with E-state index in [2.05, 4.69) is 46.9 Å². The minimum Gasteiger partial charge on any atom is -0.380 e. The molecular weight excluding hydrogens is 226 g/mol. The fourth-order valence-electron chi connectivity index (χ4n) is 3.26. The zero-order valence-corrected chi connectivity index (χ0v) is 13.2. The molecule has 0 aromatic carbocycles. The Morgan fingerprint density at radius 1 is 1.33 bits per heavy atom. The molecular formula is C15H31NO2. The highest BCUT2D eigenvalue weighted by molar-refractivity contribution is 5.01. The van der Waals surface area contributed by atoms with Gasteiger partial charge < -0.3 is 14.8 Å². The van der Waals surface area contributed by atoms with Gasteiger partial charge in [0.25, 0.3) is 0 Å². The SMILES string of the molecule is CCCNC(C(C)OC)C1CC(C)(C)OC1(C)C. The first-order chi connectivity index (χ1) is 8.23. The van der Waals surface area contributed by atoms with Gasteiger partial charge in [0.05, 0.1) is 17.3 Å². The highest BCUT2D eigenvalue weighted by Crippen LogP contribution is 2.44. The van der Waals surface area contributed by atoms with Crippen LogP contribution in [-0.4, -0.2) is 37.0 Å². The highest BCUT2D eigenvalue weighted by Gasteiger charge is 2.50. The standard InChI is InChI=1S/C15H31NO2/c1-8-9-16-13(11(2)17-7)12-10-14(3,4)18-15(12,5)6/h11-13,16H,8-10H2,1-7H3. The fraction of sp³-hybridized carbons (Fsp3) is 1.00. The number of ether oxygens (including phenoxy) is 2. The van der Waals surface area contributed by atoms with Crippen LogP contribution in [0.15, 0.2) is 0 Å². The minimum atomic E-state index is -0.0955. The average molecular weight is 257 g/mol. The van der Waals surface area contributed by atoms with Crippen molar-refractivity contribution in [1.82, 2.24) is 5.32 Å². The van der Waals surface area contributed by atoms with Crippen LogP contribution >= 0.6 is 0 Å². The third-order valence-corrected chi connectivity index (χ3v) is 4.08. The molecule has 0 saturated carbocycles. The van der Waals surface area contributed by atoms with E-state index in [0.717, 1.165) is 19.4 Å². The number of hydrogen-bond donors (Lipinski definition) is 1. The van der Waals surface area contributed by atoms with Gasteiger partial charge in [-0.25, -0.2) is 0 Å². The maximum absolute atomic E-state index is 6.21. The zero-order valence-electron chi connectivity index (χ0n) is 13.2. The van der Waals surface area contributed by atoms with E-state index in [4.69, 9.17) is 9.47 Å². The summed E-state index contributed by atoms with van der Waals surface area (Å²) in [7, 11) is 1.79. The summed E-state index contributed by atoms with van der Waals surface area (Å²) >= 11 is 0. The maximum Gasteiger partial charge on any atom is 0.0699 e. The van der Waals surface area contributed by atoms with Gasteiger partial charge in [-0.1, -0.05) is 6.92 Å². The first-order valence-corrected chi connectivity index (χ1v) is 7.20. The molecule has 3 nitrogen and oxygen atoms in total. The molecule has 0 aliphatic carbocycles. The van der Waals surface area contributed by atoms with Gasteiger partial charge in [-0.15, -0.1) is 0 Å². The van der Waals surface area contributed by atoms with Crippen molar-refractivity contribution in [1.29, 1.82) is 0 Å². The molecule has 108 valence electrons. The van der Waals surface area contributed by atoms with Crippen molar-refractivity contribution < 1.29 is 9.47 Å². The Hall–Kier alpha value is -0.120. The lowest BCUT2D eigenvalue weighted by atomic mass is 9.79. The van der Waals surface area contributed by atoms with Crippen LogP contribution in [0.1, 0.15) is 54.4 Å². The van der Waals surface area contributed by atoms with Crippen molar-refractivity contribution in [3.05, 3.63) is 0 Å².